The molecule has 2 aliphatic heterocycles. The van der Waals surface area contributed by atoms with Gasteiger partial charge in [0.15, 0.2) is 0 Å². The Morgan fingerprint density at radius 2 is 2.12 bits per heavy atom. The van der Waals surface area contributed by atoms with E-state index < -0.39 is 5.82 Å². The summed E-state index contributed by atoms with van der Waals surface area (Å²) in [7, 11) is 0. The quantitative estimate of drug-likeness (QED) is 0.649. The molecule has 0 atom stereocenters. The molecule has 2 fully saturated rings. The van der Waals surface area contributed by atoms with Crippen LogP contribution in [0.4, 0.5) is 10.2 Å². The van der Waals surface area contributed by atoms with Crippen molar-refractivity contribution >= 4 is 11.7 Å². The highest BCUT2D eigenvalue weighted by Crippen LogP contribution is 2.42. The van der Waals surface area contributed by atoms with Gasteiger partial charge in [-0.3, -0.25) is 4.79 Å². The molecule has 2 aromatic heterocycles. The van der Waals surface area contributed by atoms with Crippen molar-refractivity contribution in [2.24, 2.45) is 0 Å². The maximum absolute atomic E-state index is 14.7. The molecular weight excluding hydrogens is 433 g/mol. The summed E-state index contributed by atoms with van der Waals surface area (Å²) >= 11 is 0. The highest BCUT2D eigenvalue weighted by molar-refractivity contribution is 5.99. The van der Waals surface area contributed by atoms with Gasteiger partial charge in [0.2, 0.25) is 0 Å². The predicted octanol–water partition coefficient (Wildman–Crippen LogP) is 3.36. The Balaban J connectivity index is 1.33. The topological polar surface area (TPSA) is 91.1 Å². The van der Waals surface area contributed by atoms with Crippen LogP contribution in [0.15, 0.2) is 42.6 Å². The summed E-state index contributed by atoms with van der Waals surface area (Å²) in [5.41, 5.74) is 3.50. The fourth-order valence-electron chi connectivity index (χ4n) is 4.87. The molecule has 1 saturated carbocycles. The molecule has 3 aromatic rings. The molecule has 0 radical (unpaired) electrons. The summed E-state index contributed by atoms with van der Waals surface area (Å²) in [6, 6.07) is 12.2. The van der Waals surface area contributed by atoms with Crippen molar-refractivity contribution in [3.8, 4) is 17.3 Å². The van der Waals surface area contributed by atoms with Crippen LogP contribution in [0.1, 0.15) is 45.6 Å². The molecule has 1 N–H and O–H groups in total. The maximum atomic E-state index is 14.7. The van der Waals surface area contributed by atoms with Crippen molar-refractivity contribution < 1.29 is 13.9 Å². The van der Waals surface area contributed by atoms with Crippen LogP contribution in [0.2, 0.25) is 0 Å². The van der Waals surface area contributed by atoms with Gasteiger partial charge in [0.25, 0.3) is 5.91 Å². The summed E-state index contributed by atoms with van der Waals surface area (Å²) in [5, 5.41) is 12.3. The molecule has 34 heavy (non-hydrogen) atoms. The number of carbonyl (C=O) groups excluding carboxylic acids is 1. The fraction of sp³-hybridized carbons (Fsp3) is 0.308. The fourth-order valence-corrected chi connectivity index (χ4v) is 4.87. The Morgan fingerprint density at radius 3 is 2.88 bits per heavy atom. The second kappa shape index (κ2) is 7.89. The number of nitrogens with one attached hydrogen (secondary N) is 1. The van der Waals surface area contributed by atoms with Crippen LogP contribution in [-0.2, 0) is 17.7 Å². The summed E-state index contributed by atoms with van der Waals surface area (Å²) < 4.78 is 20.6. The first-order valence-corrected chi connectivity index (χ1v) is 11.4. The number of rotatable bonds is 4. The van der Waals surface area contributed by atoms with E-state index >= 15 is 0 Å². The summed E-state index contributed by atoms with van der Waals surface area (Å²) in [5.74, 6) is 0.215. The first-order valence-electron chi connectivity index (χ1n) is 11.4. The summed E-state index contributed by atoms with van der Waals surface area (Å²) in [6.07, 6.45) is 4.48. The number of fused-ring (bicyclic) bond motifs is 1. The minimum Gasteiger partial charge on any atom is -0.371 e. The number of pyridine rings is 2. The largest absolute Gasteiger partial charge is 0.371 e. The Hall–Kier alpha value is -3.83. The highest BCUT2D eigenvalue weighted by atomic mass is 19.1. The van der Waals surface area contributed by atoms with E-state index in [0.29, 0.717) is 30.0 Å². The van der Waals surface area contributed by atoms with Gasteiger partial charge in [-0.05, 0) is 54.7 Å². The van der Waals surface area contributed by atoms with Crippen LogP contribution in [0.25, 0.3) is 11.3 Å². The number of halogens is 1. The summed E-state index contributed by atoms with van der Waals surface area (Å²) in [4.78, 5) is 24.0. The molecule has 1 saturated heterocycles. The van der Waals surface area contributed by atoms with E-state index in [2.05, 4.69) is 20.2 Å². The Bertz CT molecular complexity index is 1340. The normalized spacial score (nSPS) is 17.9. The van der Waals surface area contributed by atoms with Gasteiger partial charge >= 0.3 is 0 Å². The highest BCUT2D eigenvalue weighted by Gasteiger charge is 2.47. The molecule has 6 rings (SSSR count). The van der Waals surface area contributed by atoms with Crippen LogP contribution in [0, 0.1) is 17.1 Å². The van der Waals surface area contributed by atoms with Crippen molar-refractivity contribution in [1.82, 2.24) is 15.3 Å². The third-order valence-electron chi connectivity index (χ3n) is 6.79. The van der Waals surface area contributed by atoms with Gasteiger partial charge in [-0.15, -0.1) is 0 Å². The predicted molar refractivity (Wildman–Crippen MR) is 123 cm³/mol. The van der Waals surface area contributed by atoms with Crippen LogP contribution in [0.3, 0.4) is 0 Å². The number of anilines is 1. The van der Waals surface area contributed by atoms with E-state index in [9.17, 15) is 14.4 Å². The second-order valence-corrected chi connectivity index (χ2v) is 9.10. The molecule has 170 valence electrons. The number of hydrogen-bond donors (Lipinski definition) is 1. The monoisotopic (exact) mass is 455 g/mol. The lowest BCUT2D eigenvalue weighted by Gasteiger charge is -2.34. The molecule has 1 aromatic carbocycles. The molecule has 3 aliphatic rings. The molecule has 0 unspecified atom stereocenters. The zero-order valence-corrected chi connectivity index (χ0v) is 18.5. The Kier molecular flexibility index (Phi) is 4.82. The van der Waals surface area contributed by atoms with E-state index in [1.54, 1.807) is 12.1 Å². The van der Waals surface area contributed by atoms with Gasteiger partial charge in [0.1, 0.15) is 11.6 Å². The standard InChI is InChI=1S/C26H22FN5O2/c27-19-3-1-2-17(12-28)23(19)20-11-18(24-21(31-20)14-30-25(24)33)10-16-4-5-22(29-13-16)32-8-9-34-26(15-32)6-7-26/h1-5,11,13H,6-10,14-15H2,(H,30,33). The van der Waals surface area contributed by atoms with Gasteiger partial charge in [0, 0.05) is 19.3 Å². The van der Waals surface area contributed by atoms with Crippen LogP contribution in [0.5, 0.6) is 0 Å². The van der Waals surface area contributed by atoms with Gasteiger partial charge in [-0.25, -0.2) is 14.4 Å². The van der Waals surface area contributed by atoms with Gasteiger partial charge < -0.3 is 15.0 Å². The number of aromatic nitrogens is 2. The number of nitrogens with zero attached hydrogens (tertiary/aromatic N) is 4. The number of ether oxygens (including phenoxy) is 1. The lowest BCUT2D eigenvalue weighted by Crippen LogP contribution is -2.44. The van der Waals surface area contributed by atoms with Crippen molar-refractivity contribution in [1.29, 1.82) is 5.26 Å². The minimum atomic E-state index is -0.514. The number of benzene rings is 1. The van der Waals surface area contributed by atoms with Crippen molar-refractivity contribution in [3.05, 3.63) is 76.4 Å². The van der Waals surface area contributed by atoms with Gasteiger partial charge in [-0.1, -0.05) is 12.1 Å². The van der Waals surface area contributed by atoms with Crippen LogP contribution >= 0.6 is 0 Å². The Labute approximate surface area is 196 Å². The molecule has 1 spiro atoms. The number of amides is 1. The Morgan fingerprint density at radius 1 is 1.24 bits per heavy atom. The SMILES string of the molecule is N#Cc1cccc(F)c1-c1cc(Cc2ccc(N3CCOC4(CC4)C3)nc2)c2c(n1)CNC2=O. The van der Waals surface area contributed by atoms with Crippen LogP contribution < -0.4 is 10.2 Å². The molecule has 8 heteroatoms. The first-order chi connectivity index (χ1) is 16.5. The van der Waals surface area contributed by atoms with E-state index in [1.165, 1.54) is 12.1 Å². The average Bonchev–Trinajstić information content (AvgIpc) is 3.48. The number of morpholine rings is 1. The lowest BCUT2D eigenvalue weighted by atomic mass is 9.96. The first kappa shape index (κ1) is 20.8. The zero-order chi connectivity index (χ0) is 23.3. The van der Waals surface area contributed by atoms with E-state index in [4.69, 9.17) is 4.74 Å². The van der Waals surface area contributed by atoms with E-state index in [-0.39, 0.29) is 29.2 Å². The van der Waals surface area contributed by atoms with Crippen LogP contribution in [-0.4, -0.2) is 41.2 Å². The van der Waals surface area contributed by atoms with Gasteiger partial charge in [-0.2, -0.15) is 5.26 Å². The van der Waals surface area contributed by atoms with Crippen molar-refractivity contribution in [2.75, 3.05) is 24.6 Å². The lowest BCUT2D eigenvalue weighted by molar-refractivity contribution is 0.0203. The van der Waals surface area contributed by atoms with E-state index in [1.807, 2.05) is 24.4 Å². The second-order valence-electron chi connectivity index (χ2n) is 9.10. The maximum Gasteiger partial charge on any atom is 0.253 e. The third kappa shape index (κ3) is 3.58. The smallest absolute Gasteiger partial charge is 0.253 e. The molecular formula is C26H22FN5O2. The minimum absolute atomic E-state index is 0.0228. The zero-order valence-electron chi connectivity index (χ0n) is 18.5. The molecule has 4 heterocycles. The van der Waals surface area contributed by atoms with E-state index in [0.717, 1.165) is 42.9 Å². The molecule has 1 aliphatic carbocycles. The van der Waals surface area contributed by atoms with Crippen molar-refractivity contribution in [2.45, 2.75) is 31.4 Å². The van der Waals surface area contributed by atoms with Crippen molar-refractivity contribution in [3.63, 3.8) is 0 Å². The number of hydrogen-bond acceptors (Lipinski definition) is 6. The van der Waals surface area contributed by atoms with Gasteiger partial charge in [0.05, 0.1) is 52.9 Å². The third-order valence-corrected chi connectivity index (χ3v) is 6.79. The number of carbonyl (C=O) groups is 1. The molecule has 1 amide bonds. The molecule has 7 nitrogen and oxygen atoms in total. The molecule has 0 bridgehead atoms. The summed E-state index contributed by atoms with van der Waals surface area (Å²) in [6.45, 7) is 2.68. The average molecular weight is 455 g/mol. The number of nitriles is 1.